The Kier molecular flexibility index (Phi) is 3.93. The molecule has 0 radical (unpaired) electrons. The standard InChI is InChI=1S/C11H18N4O/c1-16-8-2-6-12-10-5-7-13-11(15-10)14-9-3-4-9/h5,7,9H,2-4,6,8H2,1H3,(H2,12,13,14,15). The van der Waals surface area contributed by atoms with Gasteiger partial charge in [0.2, 0.25) is 5.95 Å². The van der Waals surface area contributed by atoms with E-state index < -0.39 is 0 Å². The van der Waals surface area contributed by atoms with Crippen molar-refractivity contribution in [2.45, 2.75) is 25.3 Å². The SMILES string of the molecule is COCCCNc1ccnc(NC2CC2)n1. The average Bonchev–Trinajstić information content (AvgIpc) is 3.09. The van der Waals surface area contributed by atoms with Gasteiger partial charge in [-0.2, -0.15) is 4.98 Å². The van der Waals surface area contributed by atoms with E-state index in [4.69, 9.17) is 4.74 Å². The quantitative estimate of drug-likeness (QED) is 0.685. The molecule has 0 aromatic carbocycles. The van der Waals surface area contributed by atoms with Crippen LogP contribution in [0.4, 0.5) is 11.8 Å². The second-order valence-electron chi connectivity index (χ2n) is 3.96. The molecule has 16 heavy (non-hydrogen) atoms. The Morgan fingerprint density at radius 3 is 3.12 bits per heavy atom. The number of nitrogens with zero attached hydrogens (tertiary/aromatic N) is 2. The van der Waals surface area contributed by atoms with Gasteiger partial charge >= 0.3 is 0 Å². The van der Waals surface area contributed by atoms with Crippen LogP contribution in [0.5, 0.6) is 0 Å². The van der Waals surface area contributed by atoms with Crippen LogP contribution in [0.25, 0.3) is 0 Å². The number of hydrogen-bond donors (Lipinski definition) is 2. The summed E-state index contributed by atoms with van der Waals surface area (Å²) in [7, 11) is 1.71. The van der Waals surface area contributed by atoms with Crippen LogP contribution >= 0.6 is 0 Å². The molecule has 1 heterocycles. The van der Waals surface area contributed by atoms with Gasteiger partial charge in [0.15, 0.2) is 0 Å². The molecule has 5 nitrogen and oxygen atoms in total. The van der Waals surface area contributed by atoms with Crippen LogP contribution in [0.2, 0.25) is 0 Å². The third kappa shape index (κ3) is 3.66. The molecule has 0 saturated heterocycles. The molecule has 1 aliphatic rings. The largest absolute Gasteiger partial charge is 0.385 e. The van der Waals surface area contributed by atoms with Crippen molar-refractivity contribution in [2.24, 2.45) is 0 Å². The molecular formula is C11H18N4O. The minimum Gasteiger partial charge on any atom is -0.385 e. The number of aromatic nitrogens is 2. The molecule has 88 valence electrons. The van der Waals surface area contributed by atoms with Crippen LogP contribution in [-0.4, -0.2) is 36.3 Å². The number of nitrogens with one attached hydrogen (secondary N) is 2. The van der Waals surface area contributed by atoms with E-state index in [1.165, 1.54) is 12.8 Å². The van der Waals surface area contributed by atoms with Gasteiger partial charge in [0.25, 0.3) is 0 Å². The molecule has 0 aliphatic heterocycles. The molecule has 2 rings (SSSR count). The highest BCUT2D eigenvalue weighted by Gasteiger charge is 2.21. The van der Waals surface area contributed by atoms with Crippen LogP contribution in [-0.2, 0) is 4.74 Å². The summed E-state index contributed by atoms with van der Waals surface area (Å²) < 4.78 is 4.98. The lowest BCUT2D eigenvalue weighted by Crippen LogP contribution is -2.09. The molecular weight excluding hydrogens is 204 g/mol. The number of methoxy groups -OCH3 is 1. The average molecular weight is 222 g/mol. The van der Waals surface area contributed by atoms with E-state index in [-0.39, 0.29) is 0 Å². The van der Waals surface area contributed by atoms with E-state index in [9.17, 15) is 0 Å². The van der Waals surface area contributed by atoms with E-state index in [1.807, 2.05) is 6.07 Å². The number of hydrogen-bond acceptors (Lipinski definition) is 5. The zero-order chi connectivity index (χ0) is 11.2. The van der Waals surface area contributed by atoms with Crippen molar-refractivity contribution in [1.82, 2.24) is 9.97 Å². The Morgan fingerprint density at radius 2 is 2.38 bits per heavy atom. The first-order valence-electron chi connectivity index (χ1n) is 5.71. The first-order valence-corrected chi connectivity index (χ1v) is 5.71. The summed E-state index contributed by atoms with van der Waals surface area (Å²) in [5.41, 5.74) is 0. The van der Waals surface area contributed by atoms with E-state index >= 15 is 0 Å². The van der Waals surface area contributed by atoms with Gasteiger partial charge in [-0.05, 0) is 25.3 Å². The lowest BCUT2D eigenvalue weighted by atomic mass is 10.4. The minimum atomic E-state index is 0.587. The lowest BCUT2D eigenvalue weighted by molar-refractivity contribution is 0.198. The van der Waals surface area contributed by atoms with Gasteiger partial charge in [-0.3, -0.25) is 0 Å². The normalized spacial score (nSPS) is 14.8. The van der Waals surface area contributed by atoms with E-state index in [0.29, 0.717) is 6.04 Å². The van der Waals surface area contributed by atoms with Gasteiger partial charge in [0.05, 0.1) is 0 Å². The van der Waals surface area contributed by atoms with E-state index in [1.54, 1.807) is 13.3 Å². The zero-order valence-corrected chi connectivity index (χ0v) is 9.57. The Balaban J connectivity index is 1.78. The van der Waals surface area contributed by atoms with E-state index in [0.717, 1.165) is 31.3 Å². The van der Waals surface area contributed by atoms with Crippen molar-refractivity contribution in [2.75, 3.05) is 30.9 Å². The summed E-state index contributed by atoms with van der Waals surface area (Å²) in [6.45, 7) is 1.64. The fourth-order valence-electron chi connectivity index (χ4n) is 1.37. The van der Waals surface area contributed by atoms with Gasteiger partial charge in [0, 0.05) is 32.5 Å². The minimum absolute atomic E-state index is 0.587. The van der Waals surface area contributed by atoms with Gasteiger partial charge in [-0.1, -0.05) is 0 Å². The second-order valence-corrected chi connectivity index (χ2v) is 3.96. The van der Waals surface area contributed by atoms with Gasteiger partial charge < -0.3 is 15.4 Å². The maximum Gasteiger partial charge on any atom is 0.224 e. The zero-order valence-electron chi connectivity index (χ0n) is 9.57. The van der Waals surface area contributed by atoms with Crippen LogP contribution in [0.3, 0.4) is 0 Å². The summed E-state index contributed by atoms with van der Waals surface area (Å²) in [5, 5.41) is 6.51. The number of anilines is 2. The van der Waals surface area contributed by atoms with E-state index in [2.05, 4.69) is 20.6 Å². The Morgan fingerprint density at radius 1 is 1.50 bits per heavy atom. The Hall–Kier alpha value is -1.36. The molecule has 1 fully saturated rings. The first-order chi connectivity index (χ1) is 7.88. The van der Waals surface area contributed by atoms with Crippen LogP contribution < -0.4 is 10.6 Å². The third-order valence-electron chi connectivity index (χ3n) is 2.40. The van der Waals surface area contributed by atoms with Crippen molar-refractivity contribution < 1.29 is 4.74 Å². The maximum atomic E-state index is 4.98. The van der Waals surface area contributed by atoms with Crippen LogP contribution in [0.15, 0.2) is 12.3 Å². The first kappa shape index (κ1) is 11.1. The van der Waals surface area contributed by atoms with Gasteiger partial charge in [0.1, 0.15) is 5.82 Å². The molecule has 0 spiro atoms. The van der Waals surface area contributed by atoms with Gasteiger partial charge in [-0.15, -0.1) is 0 Å². The smallest absolute Gasteiger partial charge is 0.224 e. The number of ether oxygens (including phenoxy) is 1. The summed E-state index contributed by atoms with van der Waals surface area (Å²) in [6.07, 6.45) is 5.21. The predicted molar refractivity (Wildman–Crippen MR) is 63.7 cm³/mol. The maximum absolute atomic E-state index is 4.98. The summed E-state index contributed by atoms with van der Waals surface area (Å²) >= 11 is 0. The molecule has 1 aromatic heterocycles. The third-order valence-corrected chi connectivity index (χ3v) is 2.40. The van der Waals surface area contributed by atoms with Crippen molar-refractivity contribution in [3.05, 3.63) is 12.3 Å². The van der Waals surface area contributed by atoms with Crippen molar-refractivity contribution in [3.63, 3.8) is 0 Å². The molecule has 0 unspecified atom stereocenters. The molecule has 0 atom stereocenters. The summed E-state index contributed by atoms with van der Waals surface area (Å²) in [6, 6.07) is 2.47. The van der Waals surface area contributed by atoms with Crippen molar-refractivity contribution >= 4 is 11.8 Å². The second kappa shape index (κ2) is 5.65. The molecule has 0 bridgehead atoms. The predicted octanol–water partition coefficient (Wildman–Crippen LogP) is 1.50. The number of rotatable bonds is 7. The molecule has 1 saturated carbocycles. The van der Waals surface area contributed by atoms with Crippen LogP contribution in [0.1, 0.15) is 19.3 Å². The molecule has 5 heteroatoms. The highest BCUT2D eigenvalue weighted by atomic mass is 16.5. The van der Waals surface area contributed by atoms with Crippen molar-refractivity contribution in [1.29, 1.82) is 0 Å². The monoisotopic (exact) mass is 222 g/mol. The molecule has 2 N–H and O–H groups in total. The van der Waals surface area contributed by atoms with Crippen molar-refractivity contribution in [3.8, 4) is 0 Å². The summed E-state index contributed by atoms with van der Waals surface area (Å²) in [5.74, 6) is 1.59. The lowest BCUT2D eigenvalue weighted by Gasteiger charge is -2.07. The molecule has 0 amide bonds. The fourth-order valence-corrected chi connectivity index (χ4v) is 1.37. The molecule has 1 aromatic rings. The Bertz CT molecular complexity index is 328. The Labute approximate surface area is 95.6 Å². The topological polar surface area (TPSA) is 59.1 Å². The van der Waals surface area contributed by atoms with Crippen LogP contribution in [0, 0.1) is 0 Å². The fraction of sp³-hybridized carbons (Fsp3) is 0.636. The highest BCUT2D eigenvalue weighted by Crippen LogP contribution is 2.22. The molecule has 1 aliphatic carbocycles. The van der Waals surface area contributed by atoms with Gasteiger partial charge in [-0.25, -0.2) is 4.98 Å². The summed E-state index contributed by atoms with van der Waals surface area (Å²) in [4.78, 5) is 8.55. The highest BCUT2D eigenvalue weighted by molar-refractivity contribution is 5.40.